The molecule has 0 amide bonds. The van der Waals surface area contributed by atoms with E-state index in [0.29, 0.717) is 23.2 Å². The lowest BCUT2D eigenvalue weighted by Crippen LogP contribution is -2.55. The van der Waals surface area contributed by atoms with Gasteiger partial charge in [0.05, 0.1) is 0 Å². The summed E-state index contributed by atoms with van der Waals surface area (Å²) in [6, 6.07) is 0.719. The summed E-state index contributed by atoms with van der Waals surface area (Å²) in [6.45, 7) is 11.8. The molecular formula is C31H57N3O2. The van der Waals surface area contributed by atoms with E-state index < -0.39 is 5.97 Å². The van der Waals surface area contributed by atoms with Crippen LogP contribution in [0, 0.1) is 46.3 Å². The van der Waals surface area contributed by atoms with Crippen LogP contribution in [-0.4, -0.2) is 43.3 Å². The highest BCUT2D eigenvalue weighted by Crippen LogP contribution is 2.68. The number of aliphatic carboxylic acids is 1. The number of fused-ring (bicyclic) bond motifs is 5. The minimum atomic E-state index is -0.628. The molecule has 9 atom stereocenters. The van der Waals surface area contributed by atoms with E-state index in [9.17, 15) is 9.90 Å². The van der Waals surface area contributed by atoms with Crippen molar-refractivity contribution in [3.05, 3.63) is 0 Å². The number of hydrogen-bond donors (Lipinski definition) is 4. The third-order valence-electron chi connectivity index (χ3n) is 12.0. The highest BCUT2D eigenvalue weighted by Gasteiger charge is 2.60. The molecule has 4 saturated carbocycles. The molecule has 0 aromatic rings. The Balaban J connectivity index is 1.27. The van der Waals surface area contributed by atoms with Crippen LogP contribution in [0.25, 0.3) is 0 Å². The van der Waals surface area contributed by atoms with Gasteiger partial charge in [-0.25, -0.2) is 0 Å². The minimum Gasteiger partial charge on any atom is -0.481 e. The van der Waals surface area contributed by atoms with E-state index in [1.807, 2.05) is 0 Å². The summed E-state index contributed by atoms with van der Waals surface area (Å²) in [4.78, 5) is 11.2. The average Bonchev–Trinajstić information content (AvgIpc) is 3.21. The van der Waals surface area contributed by atoms with Crippen LogP contribution in [0.5, 0.6) is 0 Å². The summed E-state index contributed by atoms with van der Waals surface area (Å²) >= 11 is 0. The molecule has 5 N–H and O–H groups in total. The normalized spacial score (nSPS) is 40.8. The van der Waals surface area contributed by atoms with Crippen LogP contribution in [-0.2, 0) is 4.79 Å². The molecule has 0 radical (unpaired) electrons. The van der Waals surface area contributed by atoms with E-state index in [1.54, 1.807) is 0 Å². The van der Waals surface area contributed by atoms with Crippen molar-refractivity contribution in [2.75, 3.05) is 26.2 Å². The molecule has 0 saturated heterocycles. The topological polar surface area (TPSA) is 87.4 Å². The molecule has 4 aliphatic rings. The van der Waals surface area contributed by atoms with Gasteiger partial charge in [-0.1, -0.05) is 20.8 Å². The third-order valence-corrected chi connectivity index (χ3v) is 12.0. The van der Waals surface area contributed by atoms with Crippen molar-refractivity contribution in [1.29, 1.82) is 0 Å². The summed E-state index contributed by atoms with van der Waals surface area (Å²) in [5.41, 5.74) is 6.56. The first kappa shape index (κ1) is 28.4. The van der Waals surface area contributed by atoms with Gasteiger partial charge in [0.1, 0.15) is 0 Å². The Labute approximate surface area is 221 Å². The standard InChI is InChI=1S/C31H57N3O2/c1-22(7-12-29(35)36)26-10-11-27-25-9-8-23-21-24(34-20-6-19-33-18-5-4-17-32)13-15-30(23,2)28(25)14-16-31(26,27)3/h22-28,33-34H,4-21,32H2,1-3H3,(H,35,36)/t22?,23-,24+,25?,26?,27?,28?,30-,31+/m0/s1. The van der Waals surface area contributed by atoms with Crippen molar-refractivity contribution in [1.82, 2.24) is 10.6 Å². The van der Waals surface area contributed by atoms with E-state index in [2.05, 4.69) is 31.4 Å². The Morgan fingerprint density at radius 2 is 1.69 bits per heavy atom. The van der Waals surface area contributed by atoms with E-state index in [-0.39, 0.29) is 0 Å². The molecule has 0 spiro atoms. The predicted octanol–water partition coefficient (Wildman–Crippen LogP) is 5.82. The molecule has 0 bridgehead atoms. The lowest BCUT2D eigenvalue weighted by atomic mass is 9.44. The fraction of sp³-hybridized carbons (Fsp3) is 0.968. The first-order valence-corrected chi connectivity index (χ1v) is 15.7. The fourth-order valence-electron chi connectivity index (χ4n) is 10.0. The highest BCUT2D eigenvalue weighted by atomic mass is 16.4. The van der Waals surface area contributed by atoms with Gasteiger partial charge in [-0.2, -0.15) is 0 Å². The Kier molecular flexibility index (Phi) is 9.82. The molecule has 4 rings (SSSR count). The molecule has 4 aliphatic carbocycles. The highest BCUT2D eigenvalue weighted by molar-refractivity contribution is 5.66. The fourth-order valence-corrected chi connectivity index (χ4v) is 10.0. The number of nitrogens with one attached hydrogen (secondary N) is 2. The average molecular weight is 504 g/mol. The zero-order valence-electron chi connectivity index (χ0n) is 23.7. The molecule has 208 valence electrons. The zero-order valence-corrected chi connectivity index (χ0v) is 23.7. The van der Waals surface area contributed by atoms with E-state index >= 15 is 0 Å². The Morgan fingerprint density at radius 1 is 0.944 bits per heavy atom. The number of carboxylic acid groups (broad SMARTS) is 1. The molecule has 0 heterocycles. The van der Waals surface area contributed by atoms with Crippen molar-refractivity contribution < 1.29 is 9.90 Å². The summed E-state index contributed by atoms with van der Waals surface area (Å²) in [5, 5.41) is 16.7. The van der Waals surface area contributed by atoms with Gasteiger partial charge in [-0.3, -0.25) is 4.79 Å². The Morgan fingerprint density at radius 3 is 2.47 bits per heavy atom. The summed E-state index contributed by atoms with van der Waals surface area (Å²) < 4.78 is 0. The molecule has 0 aromatic carbocycles. The first-order chi connectivity index (χ1) is 17.3. The number of hydrogen-bond acceptors (Lipinski definition) is 4. The monoisotopic (exact) mass is 503 g/mol. The largest absolute Gasteiger partial charge is 0.481 e. The van der Waals surface area contributed by atoms with Gasteiger partial charge < -0.3 is 21.5 Å². The van der Waals surface area contributed by atoms with Crippen molar-refractivity contribution >= 4 is 5.97 Å². The van der Waals surface area contributed by atoms with Crippen LogP contribution in [0.4, 0.5) is 0 Å². The predicted molar refractivity (Wildman–Crippen MR) is 149 cm³/mol. The Hall–Kier alpha value is -0.650. The lowest BCUT2D eigenvalue weighted by Gasteiger charge is -2.61. The lowest BCUT2D eigenvalue weighted by molar-refractivity contribution is -0.137. The van der Waals surface area contributed by atoms with Crippen molar-refractivity contribution in [3.63, 3.8) is 0 Å². The number of unbranched alkanes of at least 4 members (excludes halogenated alkanes) is 1. The van der Waals surface area contributed by atoms with E-state index in [0.717, 1.165) is 74.7 Å². The number of carbonyl (C=O) groups is 1. The van der Waals surface area contributed by atoms with Crippen LogP contribution in [0.1, 0.15) is 111 Å². The van der Waals surface area contributed by atoms with Crippen LogP contribution in [0.3, 0.4) is 0 Å². The van der Waals surface area contributed by atoms with Crippen molar-refractivity contribution in [3.8, 4) is 0 Å². The second kappa shape index (κ2) is 12.5. The van der Waals surface area contributed by atoms with Crippen LogP contribution in [0.2, 0.25) is 0 Å². The maximum absolute atomic E-state index is 11.2. The Bertz CT molecular complexity index is 716. The van der Waals surface area contributed by atoms with Crippen LogP contribution in [0.15, 0.2) is 0 Å². The third kappa shape index (κ3) is 5.99. The maximum atomic E-state index is 11.2. The van der Waals surface area contributed by atoms with Gasteiger partial charge in [0.15, 0.2) is 0 Å². The summed E-state index contributed by atoms with van der Waals surface area (Å²) in [6.07, 6.45) is 17.3. The van der Waals surface area contributed by atoms with Crippen molar-refractivity contribution in [2.24, 2.45) is 52.1 Å². The van der Waals surface area contributed by atoms with Crippen molar-refractivity contribution in [2.45, 2.75) is 117 Å². The van der Waals surface area contributed by atoms with Gasteiger partial charge in [-0.15, -0.1) is 0 Å². The maximum Gasteiger partial charge on any atom is 0.303 e. The van der Waals surface area contributed by atoms with E-state index in [4.69, 9.17) is 5.73 Å². The molecule has 0 aliphatic heterocycles. The summed E-state index contributed by atoms with van der Waals surface area (Å²) in [7, 11) is 0. The molecule has 5 heteroatoms. The molecule has 0 aromatic heterocycles. The molecule has 4 fully saturated rings. The van der Waals surface area contributed by atoms with Gasteiger partial charge in [-0.05, 0) is 156 Å². The van der Waals surface area contributed by atoms with Gasteiger partial charge in [0.2, 0.25) is 0 Å². The second-order valence-electron chi connectivity index (χ2n) is 13.8. The van der Waals surface area contributed by atoms with Crippen LogP contribution >= 0.6 is 0 Å². The number of carboxylic acids is 1. The molecular weight excluding hydrogens is 446 g/mol. The smallest absolute Gasteiger partial charge is 0.303 e. The quantitative estimate of drug-likeness (QED) is 0.238. The van der Waals surface area contributed by atoms with E-state index in [1.165, 1.54) is 70.6 Å². The second-order valence-corrected chi connectivity index (χ2v) is 13.8. The van der Waals surface area contributed by atoms with Crippen LogP contribution < -0.4 is 16.4 Å². The SMILES string of the molecule is CC(CCC(=O)O)C1CCC2C3CC[C@H]4C[C@H](NCCCNCCCCN)CC[C@]4(C)C3CC[C@]12C. The van der Waals surface area contributed by atoms with Gasteiger partial charge >= 0.3 is 5.97 Å². The number of nitrogens with two attached hydrogens (primary N) is 1. The number of rotatable bonds is 13. The first-order valence-electron chi connectivity index (χ1n) is 15.7. The minimum absolute atomic E-state index is 0.338. The molecule has 5 nitrogen and oxygen atoms in total. The van der Waals surface area contributed by atoms with Gasteiger partial charge in [0, 0.05) is 12.5 Å². The molecule has 36 heavy (non-hydrogen) atoms. The summed E-state index contributed by atoms with van der Waals surface area (Å²) in [5.74, 6) is 4.25. The molecule has 5 unspecified atom stereocenters. The van der Waals surface area contributed by atoms with Gasteiger partial charge in [0.25, 0.3) is 0 Å². The zero-order chi connectivity index (χ0) is 25.8.